The summed E-state index contributed by atoms with van der Waals surface area (Å²) in [6, 6.07) is 5.69. The molecular formula is C16H17N5O. The van der Waals surface area contributed by atoms with Gasteiger partial charge < -0.3 is 9.88 Å². The number of carbonyl (C=O) groups excluding carboxylic acids is 1. The first-order chi connectivity index (χ1) is 10.8. The first-order valence-electron chi connectivity index (χ1n) is 7.51. The van der Waals surface area contributed by atoms with E-state index in [1.54, 1.807) is 6.20 Å². The minimum absolute atomic E-state index is 0.0740. The van der Waals surface area contributed by atoms with Crippen LogP contribution in [-0.4, -0.2) is 31.4 Å². The topological polar surface area (TPSA) is 64.2 Å². The van der Waals surface area contributed by atoms with Crippen LogP contribution in [-0.2, 0) is 13.0 Å². The molecule has 22 heavy (non-hydrogen) atoms. The van der Waals surface area contributed by atoms with E-state index in [4.69, 9.17) is 0 Å². The number of hydrogen-bond acceptors (Lipinski definition) is 3. The lowest BCUT2D eigenvalue weighted by atomic mass is 9.99. The number of rotatable bonds is 3. The lowest BCUT2D eigenvalue weighted by Crippen LogP contribution is -2.34. The standard InChI is InChI=1S/C16H17N5O/c22-16(13-10-18-15-3-1-2-7-21(13)15)19-9-12-4-5-14-17-6-8-20(14)11-12/h1-3,6-8,10,12H,4-5,9,11H2,(H,19,22). The maximum absolute atomic E-state index is 12.4. The van der Waals surface area contributed by atoms with E-state index in [-0.39, 0.29) is 5.91 Å². The lowest BCUT2D eigenvalue weighted by Gasteiger charge is -2.23. The Morgan fingerprint density at radius 1 is 1.32 bits per heavy atom. The Morgan fingerprint density at radius 2 is 2.27 bits per heavy atom. The number of fused-ring (bicyclic) bond motifs is 2. The second kappa shape index (κ2) is 5.29. The highest BCUT2D eigenvalue weighted by molar-refractivity contribution is 5.93. The molecule has 6 heteroatoms. The molecule has 1 unspecified atom stereocenters. The van der Waals surface area contributed by atoms with Crippen LogP contribution in [0.15, 0.2) is 43.0 Å². The van der Waals surface area contributed by atoms with Crippen molar-refractivity contribution in [2.45, 2.75) is 19.4 Å². The molecule has 3 aromatic heterocycles. The van der Waals surface area contributed by atoms with Gasteiger partial charge in [-0.05, 0) is 24.5 Å². The van der Waals surface area contributed by atoms with E-state index in [0.717, 1.165) is 30.9 Å². The van der Waals surface area contributed by atoms with Gasteiger partial charge in [-0.1, -0.05) is 6.07 Å². The summed E-state index contributed by atoms with van der Waals surface area (Å²) in [5.41, 5.74) is 1.36. The fraction of sp³-hybridized carbons (Fsp3) is 0.312. The van der Waals surface area contributed by atoms with Gasteiger partial charge >= 0.3 is 0 Å². The first kappa shape index (κ1) is 13.1. The molecule has 4 rings (SSSR count). The van der Waals surface area contributed by atoms with Gasteiger partial charge in [-0.3, -0.25) is 9.20 Å². The number of amides is 1. The number of hydrogen-bond donors (Lipinski definition) is 1. The summed E-state index contributed by atoms with van der Waals surface area (Å²) in [7, 11) is 0. The van der Waals surface area contributed by atoms with Crippen LogP contribution in [0.3, 0.4) is 0 Å². The van der Waals surface area contributed by atoms with Gasteiger partial charge in [-0.25, -0.2) is 9.97 Å². The molecule has 1 N–H and O–H groups in total. The van der Waals surface area contributed by atoms with Crippen molar-refractivity contribution in [3.8, 4) is 0 Å². The smallest absolute Gasteiger partial charge is 0.269 e. The van der Waals surface area contributed by atoms with E-state index in [0.29, 0.717) is 18.2 Å². The molecule has 0 spiro atoms. The van der Waals surface area contributed by atoms with Gasteiger partial charge in [0.2, 0.25) is 0 Å². The molecule has 0 aromatic carbocycles. The third-order valence-corrected chi connectivity index (χ3v) is 4.23. The molecule has 0 saturated carbocycles. The Balaban J connectivity index is 1.43. The Bertz CT molecular complexity index is 819. The quantitative estimate of drug-likeness (QED) is 0.797. The summed E-state index contributed by atoms with van der Waals surface area (Å²) in [4.78, 5) is 20.9. The van der Waals surface area contributed by atoms with Crippen LogP contribution in [0.4, 0.5) is 0 Å². The fourth-order valence-electron chi connectivity index (χ4n) is 3.03. The predicted octanol–water partition coefficient (Wildman–Crippen LogP) is 1.52. The minimum atomic E-state index is -0.0740. The number of nitrogens with one attached hydrogen (secondary N) is 1. The van der Waals surface area contributed by atoms with Crippen molar-refractivity contribution in [2.75, 3.05) is 6.54 Å². The predicted molar refractivity (Wildman–Crippen MR) is 81.6 cm³/mol. The van der Waals surface area contributed by atoms with Crippen molar-refractivity contribution in [1.82, 2.24) is 24.3 Å². The van der Waals surface area contributed by atoms with Crippen LogP contribution >= 0.6 is 0 Å². The number of aryl methyl sites for hydroxylation is 1. The van der Waals surface area contributed by atoms with Gasteiger partial charge in [0.05, 0.1) is 6.20 Å². The Morgan fingerprint density at radius 3 is 3.23 bits per heavy atom. The van der Waals surface area contributed by atoms with E-state index in [2.05, 4.69) is 19.9 Å². The minimum Gasteiger partial charge on any atom is -0.350 e. The molecule has 0 radical (unpaired) electrons. The molecule has 0 bridgehead atoms. The third-order valence-electron chi connectivity index (χ3n) is 4.23. The van der Waals surface area contributed by atoms with Gasteiger partial charge in [0.15, 0.2) is 0 Å². The second-order valence-corrected chi connectivity index (χ2v) is 5.68. The average Bonchev–Trinajstić information content (AvgIpc) is 3.18. The normalized spacial score (nSPS) is 17.4. The number of imidazole rings is 2. The van der Waals surface area contributed by atoms with E-state index < -0.39 is 0 Å². The molecule has 1 aliphatic rings. The Hall–Kier alpha value is -2.63. The molecule has 1 amide bonds. The van der Waals surface area contributed by atoms with Crippen molar-refractivity contribution in [3.05, 3.63) is 54.5 Å². The van der Waals surface area contributed by atoms with Gasteiger partial charge in [-0.15, -0.1) is 0 Å². The van der Waals surface area contributed by atoms with Gasteiger partial charge in [0.1, 0.15) is 17.2 Å². The maximum Gasteiger partial charge on any atom is 0.269 e. The van der Waals surface area contributed by atoms with Crippen molar-refractivity contribution < 1.29 is 4.79 Å². The Labute approximate surface area is 127 Å². The average molecular weight is 295 g/mol. The summed E-state index contributed by atoms with van der Waals surface area (Å²) >= 11 is 0. The van der Waals surface area contributed by atoms with Crippen LogP contribution in [0.5, 0.6) is 0 Å². The molecule has 4 heterocycles. The zero-order valence-electron chi connectivity index (χ0n) is 12.1. The monoisotopic (exact) mass is 295 g/mol. The Kier molecular flexibility index (Phi) is 3.14. The first-order valence-corrected chi connectivity index (χ1v) is 7.51. The number of nitrogens with zero attached hydrogens (tertiary/aromatic N) is 4. The van der Waals surface area contributed by atoms with Crippen LogP contribution in [0.1, 0.15) is 22.7 Å². The van der Waals surface area contributed by atoms with E-state index >= 15 is 0 Å². The third kappa shape index (κ3) is 2.26. The SMILES string of the molecule is O=C(NCC1CCc2nccn2C1)c1cnc2ccccn12. The molecular weight excluding hydrogens is 278 g/mol. The van der Waals surface area contributed by atoms with Gasteiger partial charge in [0.25, 0.3) is 5.91 Å². The van der Waals surface area contributed by atoms with Gasteiger partial charge in [-0.2, -0.15) is 0 Å². The van der Waals surface area contributed by atoms with Crippen molar-refractivity contribution in [3.63, 3.8) is 0 Å². The van der Waals surface area contributed by atoms with Crippen molar-refractivity contribution >= 4 is 11.6 Å². The molecule has 1 atom stereocenters. The molecule has 0 aliphatic carbocycles. The highest BCUT2D eigenvalue weighted by Crippen LogP contribution is 2.18. The highest BCUT2D eigenvalue weighted by atomic mass is 16.1. The summed E-state index contributed by atoms with van der Waals surface area (Å²) in [6.45, 7) is 1.60. The molecule has 0 saturated heterocycles. The van der Waals surface area contributed by atoms with E-state index in [1.165, 1.54) is 0 Å². The molecule has 1 aliphatic heterocycles. The summed E-state index contributed by atoms with van der Waals surface area (Å²) in [6.07, 6.45) is 9.37. The van der Waals surface area contributed by atoms with Crippen LogP contribution in [0, 0.1) is 5.92 Å². The van der Waals surface area contributed by atoms with Crippen LogP contribution in [0.25, 0.3) is 5.65 Å². The molecule has 112 valence electrons. The number of carbonyl (C=O) groups is 1. The zero-order valence-corrected chi connectivity index (χ0v) is 12.1. The molecule has 3 aromatic rings. The second-order valence-electron chi connectivity index (χ2n) is 5.68. The zero-order chi connectivity index (χ0) is 14.9. The van der Waals surface area contributed by atoms with E-state index in [9.17, 15) is 4.79 Å². The van der Waals surface area contributed by atoms with E-state index in [1.807, 2.05) is 41.2 Å². The maximum atomic E-state index is 12.4. The number of aromatic nitrogens is 4. The summed E-state index contributed by atoms with van der Waals surface area (Å²) < 4.78 is 3.98. The highest BCUT2D eigenvalue weighted by Gasteiger charge is 2.20. The summed E-state index contributed by atoms with van der Waals surface area (Å²) in [5, 5.41) is 3.04. The fourth-order valence-corrected chi connectivity index (χ4v) is 3.03. The van der Waals surface area contributed by atoms with Crippen molar-refractivity contribution in [1.29, 1.82) is 0 Å². The largest absolute Gasteiger partial charge is 0.350 e. The van der Waals surface area contributed by atoms with Crippen LogP contribution in [0.2, 0.25) is 0 Å². The lowest BCUT2D eigenvalue weighted by molar-refractivity contribution is 0.0937. The van der Waals surface area contributed by atoms with Gasteiger partial charge in [0, 0.05) is 38.1 Å². The summed E-state index contributed by atoms with van der Waals surface area (Å²) in [5.74, 6) is 1.52. The number of pyridine rings is 1. The van der Waals surface area contributed by atoms with Crippen molar-refractivity contribution in [2.24, 2.45) is 5.92 Å². The molecule has 0 fully saturated rings. The van der Waals surface area contributed by atoms with Crippen LogP contribution < -0.4 is 5.32 Å². The molecule has 6 nitrogen and oxygen atoms in total.